The Morgan fingerprint density at radius 2 is 2.11 bits per heavy atom. The van der Waals surface area contributed by atoms with Crippen LogP contribution in [0.5, 0.6) is 0 Å². The van der Waals surface area contributed by atoms with Gasteiger partial charge in [0.25, 0.3) is 0 Å². The van der Waals surface area contributed by atoms with Crippen molar-refractivity contribution in [2.45, 2.75) is 18.1 Å². The summed E-state index contributed by atoms with van der Waals surface area (Å²) < 4.78 is 7.11. The number of amides is 2. The highest BCUT2D eigenvalue weighted by atomic mass is 35.5. The third kappa shape index (κ3) is 4.45. The van der Waals surface area contributed by atoms with Gasteiger partial charge in [0.05, 0.1) is 18.2 Å². The van der Waals surface area contributed by atoms with Gasteiger partial charge in [-0.15, -0.1) is 0 Å². The fourth-order valence-electron chi connectivity index (χ4n) is 2.71. The van der Waals surface area contributed by atoms with E-state index in [2.05, 4.69) is 15.6 Å². The van der Waals surface area contributed by atoms with E-state index in [4.69, 9.17) is 16.3 Å². The summed E-state index contributed by atoms with van der Waals surface area (Å²) in [4.78, 5) is 29.1. The van der Waals surface area contributed by atoms with Gasteiger partial charge in [0.2, 0.25) is 0 Å². The molecule has 0 aliphatic carbocycles. The number of urea groups is 1. The number of hydrogen-bond acceptors (Lipinski definition) is 5. The van der Waals surface area contributed by atoms with Crippen molar-refractivity contribution in [3.05, 3.63) is 58.5 Å². The van der Waals surface area contributed by atoms with Crippen LogP contribution in [0.3, 0.4) is 0 Å². The van der Waals surface area contributed by atoms with Crippen molar-refractivity contribution in [1.82, 2.24) is 20.2 Å². The van der Waals surface area contributed by atoms with Gasteiger partial charge in [-0.3, -0.25) is 0 Å². The summed E-state index contributed by atoms with van der Waals surface area (Å²) in [6.45, 7) is 1.98. The molecule has 1 aliphatic heterocycles. The lowest BCUT2D eigenvalue weighted by atomic mass is 9.95. The van der Waals surface area contributed by atoms with Crippen LogP contribution in [0.1, 0.15) is 18.5 Å². The van der Waals surface area contributed by atoms with Gasteiger partial charge < -0.3 is 19.9 Å². The molecule has 3 rings (SSSR count). The molecule has 1 aromatic carbocycles. The molecular formula is C18H19ClN4O3S. The maximum Gasteiger partial charge on any atom is 0.338 e. The van der Waals surface area contributed by atoms with Gasteiger partial charge in [0.1, 0.15) is 0 Å². The van der Waals surface area contributed by atoms with E-state index in [0.717, 1.165) is 10.7 Å². The summed E-state index contributed by atoms with van der Waals surface area (Å²) >= 11 is 7.39. The molecule has 2 aromatic rings. The molecule has 0 fully saturated rings. The molecule has 0 saturated carbocycles. The lowest BCUT2D eigenvalue weighted by molar-refractivity contribution is -0.139. The molecule has 1 aliphatic rings. The largest absolute Gasteiger partial charge is 0.463 e. The Balaban J connectivity index is 1.97. The van der Waals surface area contributed by atoms with Gasteiger partial charge in [-0.05, 0) is 24.6 Å². The van der Waals surface area contributed by atoms with Crippen molar-refractivity contribution in [1.29, 1.82) is 0 Å². The molecule has 7 nitrogen and oxygen atoms in total. The number of nitrogens with zero attached hydrogens (tertiary/aromatic N) is 2. The highest BCUT2D eigenvalue weighted by molar-refractivity contribution is 7.99. The first-order valence-corrected chi connectivity index (χ1v) is 9.69. The Morgan fingerprint density at radius 3 is 2.74 bits per heavy atom. The molecule has 1 atom stereocenters. The number of halogens is 1. The van der Waals surface area contributed by atoms with E-state index in [1.165, 1.54) is 11.8 Å². The van der Waals surface area contributed by atoms with Crippen LogP contribution in [-0.2, 0) is 16.6 Å². The van der Waals surface area contributed by atoms with Crippen LogP contribution in [0, 0.1) is 0 Å². The Morgan fingerprint density at radius 1 is 1.37 bits per heavy atom. The number of imidazole rings is 1. The Kier molecular flexibility index (Phi) is 6.08. The molecule has 1 aromatic heterocycles. The number of nitrogens with one attached hydrogen (secondary N) is 2. The molecule has 9 heteroatoms. The second-order valence-corrected chi connectivity index (χ2v) is 7.18. The third-order valence-corrected chi connectivity index (χ3v) is 5.31. The van der Waals surface area contributed by atoms with E-state index in [0.29, 0.717) is 22.0 Å². The van der Waals surface area contributed by atoms with Crippen molar-refractivity contribution in [2.24, 2.45) is 7.05 Å². The first-order chi connectivity index (χ1) is 13.0. The van der Waals surface area contributed by atoms with Crippen molar-refractivity contribution in [2.75, 3.05) is 12.4 Å². The maximum absolute atomic E-state index is 12.7. The Labute approximate surface area is 166 Å². The minimum Gasteiger partial charge on any atom is -0.463 e. The molecule has 142 valence electrons. The molecule has 2 amide bonds. The quantitative estimate of drug-likeness (QED) is 0.569. The van der Waals surface area contributed by atoms with Crippen molar-refractivity contribution < 1.29 is 14.3 Å². The number of esters is 1. The number of thioether (sulfide) groups is 1. The number of hydrogen-bond donors (Lipinski definition) is 2. The molecule has 0 saturated heterocycles. The lowest BCUT2D eigenvalue weighted by Gasteiger charge is -2.29. The van der Waals surface area contributed by atoms with E-state index in [1.54, 1.807) is 37.4 Å². The number of ether oxygens (including phenoxy) is 1. The number of carbonyl (C=O) groups excluding carboxylic acids is 2. The van der Waals surface area contributed by atoms with Gasteiger partial charge in [-0.2, -0.15) is 0 Å². The van der Waals surface area contributed by atoms with Crippen LogP contribution < -0.4 is 10.6 Å². The maximum atomic E-state index is 12.7. The fourth-order valence-corrected chi connectivity index (χ4v) is 3.74. The molecule has 0 radical (unpaired) electrons. The number of carbonyl (C=O) groups is 2. The number of aromatic nitrogens is 2. The minimum absolute atomic E-state index is 0.239. The van der Waals surface area contributed by atoms with Crippen LogP contribution in [0.2, 0.25) is 5.02 Å². The van der Waals surface area contributed by atoms with Crippen LogP contribution in [-0.4, -0.2) is 33.9 Å². The summed E-state index contributed by atoms with van der Waals surface area (Å²) in [5, 5.41) is 6.89. The Hall–Kier alpha value is -2.45. The first-order valence-electron chi connectivity index (χ1n) is 8.33. The predicted molar refractivity (Wildman–Crippen MR) is 103 cm³/mol. The van der Waals surface area contributed by atoms with Crippen LogP contribution in [0.25, 0.3) is 0 Å². The van der Waals surface area contributed by atoms with E-state index >= 15 is 0 Å². The topological polar surface area (TPSA) is 85.2 Å². The summed E-state index contributed by atoms with van der Waals surface area (Å²) in [5.74, 6) is -0.100. The van der Waals surface area contributed by atoms with Crippen molar-refractivity contribution in [3.8, 4) is 0 Å². The van der Waals surface area contributed by atoms with Gasteiger partial charge in [0, 0.05) is 35.9 Å². The Bertz CT molecular complexity index is 879. The smallest absolute Gasteiger partial charge is 0.338 e. The second-order valence-electron chi connectivity index (χ2n) is 5.81. The number of rotatable bonds is 6. The highest BCUT2D eigenvalue weighted by Crippen LogP contribution is 2.30. The summed E-state index contributed by atoms with van der Waals surface area (Å²) in [7, 11) is 1.88. The average Bonchev–Trinajstić information content (AvgIpc) is 3.05. The van der Waals surface area contributed by atoms with Gasteiger partial charge in [0.15, 0.2) is 5.16 Å². The summed E-state index contributed by atoms with van der Waals surface area (Å²) in [6, 6.07) is 6.00. The monoisotopic (exact) mass is 406 g/mol. The molecule has 1 unspecified atom stereocenters. The minimum atomic E-state index is -0.618. The van der Waals surface area contributed by atoms with E-state index < -0.39 is 12.0 Å². The first kappa shape index (κ1) is 19.3. The fraction of sp³-hybridized carbons (Fsp3) is 0.278. The van der Waals surface area contributed by atoms with Crippen LogP contribution >= 0.6 is 23.4 Å². The molecule has 0 spiro atoms. The zero-order valence-electron chi connectivity index (χ0n) is 14.9. The number of benzene rings is 1. The van der Waals surface area contributed by atoms with Gasteiger partial charge >= 0.3 is 12.0 Å². The zero-order valence-corrected chi connectivity index (χ0v) is 16.4. The summed E-state index contributed by atoms with van der Waals surface area (Å²) in [5.41, 5.74) is 1.63. The molecule has 2 N–H and O–H groups in total. The van der Waals surface area contributed by atoms with E-state index in [9.17, 15) is 9.59 Å². The normalized spacial score (nSPS) is 16.7. The summed E-state index contributed by atoms with van der Waals surface area (Å²) in [6.07, 6.45) is 3.53. The average molecular weight is 407 g/mol. The molecular weight excluding hydrogens is 388 g/mol. The number of aryl methyl sites for hydroxylation is 1. The van der Waals surface area contributed by atoms with Gasteiger partial charge in [-0.25, -0.2) is 14.6 Å². The second kappa shape index (κ2) is 8.49. The van der Waals surface area contributed by atoms with Crippen molar-refractivity contribution in [3.63, 3.8) is 0 Å². The molecule has 27 heavy (non-hydrogen) atoms. The van der Waals surface area contributed by atoms with Crippen LogP contribution in [0.15, 0.2) is 53.1 Å². The molecule has 0 bridgehead atoms. The SMILES string of the molecule is CCOC(=O)C1=C(CSc2nccn2C)NC(=O)NC1c1ccc(Cl)cc1. The molecule has 2 heterocycles. The standard InChI is InChI=1S/C18H19ClN4O3S/c1-3-26-16(24)14-13(10-27-18-20-8-9-23(18)2)21-17(25)22-15(14)11-4-6-12(19)7-5-11/h4-9,15H,3,10H2,1-2H3,(H2,21,22,25). The lowest BCUT2D eigenvalue weighted by Crippen LogP contribution is -2.46. The zero-order chi connectivity index (χ0) is 19.4. The van der Waals surface area contributed by atoms with E-state index in [1.807, 2.05) is 17.8 Å². The van der Waals surface area contributed by atoms with Crippen molar-refractivity contribution >= 4 is 35.4 Å². The van der Waals surface area contributed by atoms with Crippen LogP contribution in [0.4, 0.5) is 4.79 Å². The van der Waals surface area contributed by atoms with E-state index in [-0.39, 0.29) is 12.6 Å². The predicted octanol–water partition coefficient (Wildman–Crippen LogP) is 3.04. The van der Waals surface area contributed by atoms with Gasteiger partial charge in [-0.1, -0.05) is 35.5 Å². The highest BCUT2D eigenvalue weighted by Gasteiger charge is 2.33. The third-order valence-electron chi connectivity index (χ3n) is 3.97.